The number of unbranched alkanes of at least 4 members (excludes halogenated alkanes) is 38. The van der Waals surface area contributed by atoms with Crippen LogP contribution < -0.4 is 0 Å². The van der Waals surface area contributed by atoms with E-state index in [9.17, 15) is 43.2 Å². The van der Waals surface area contributed by atoms with Crippen molar-refractivity contribution in [1.82, 2.24) is 0 Å². The number of esters is 4. The van der Waals surface area contributed by atoms with Crippen LogP contribution in [0.1, 0.15) is 350 Å². The molecule has 0 radical (unpaired) electrons. The normalized spacial score (nSPS) is 14.2. The van der Waals surface area contributed by atoms with Crippen molar-refractivity contribution in [2.24, 2.45) is 11.8 Å². The second kappa shape index (κ2) is 61.3. The lowest BCUT2D eigenvalue weighted by Crippen LogP contribution is -2.30. The number of carbonyl (C=O) groups is 4. The molecule has 0 fully saturated rings. The molecule has 0 saturated carbocycles. The van der Waals surface area contributed by atoms with Crippen LogP contribution in [0.4, 0.5) is 0 Å². The maximum absolute atomic E-state index is 13.0. The lowest BCUT2D eigenvalue weighted by Gasteiger charge is -2.21. The Bertz CT molecular complexity index is 1720. The Balaban J connectivity index is 5.17. The van der Waals surface area contributed by atoms with Crippen LogP contribution in [0.15, 0.2) is 0 Å². The molecule has 0 heterocycles. The first-order chi connectivity index (χ1) is 42.4. The van der Waals surface area contributed by atoms with Gasteiger partial charge in [0.15, 0.2) is 12.2 Å². The van der Waals surface area contributed by atoms with E-state index >= 15 is 0 Å². The number of carbonyl (C=O) groups excluding carboxylic acids is 4. The Labute approximate surface area is 537 Å². The SMILES string of the molecule is CCCCCCCCCCCCC(=O)O[C@H](COC(=O)CCCCCCCCCC)COP(=O)(O)OC[C@H](O)COP(=O)(O)OC[C@@H](COC(=O)CCCCCCCCCCC(C)C)OC(=O)CCCCCCCCCCCCCCCCCCC(C)C. The van der Waals surface area contributed by atoms with Gasteiger partial charge in [-0.1, -0.05) is 298 Å². The molecular formula is C69H134O17P2. The van der Waals surface area contributed by atoms with Gasteiger partial charge in [0.05, 0.1) is 26.4 Å². The molecule has 17 nitrogen and oxygen atoms in total. The molecule has 0 spiro atoms. The molecule has 88 heavy (non-hydrogen) atoms. The summed E-state index contributed by atoms with van der Waals surface area (Å²) < 4.78 is 68.1. The Morgan fingerprint density at radius 2 is 0.523 bits per heavy atom. The molecule has 3 N–H and O–H groups in total. The van der Waals surface area contributed by atoms with Gasteiger partial charge in [0.1, 0.15) is 19.3 Å². The minimum Gasteiger partial charge on any atom is -0.462 e. The second-order valence-electron chi connectivity index (χ2n) is 25.9. The molecule has 0 amide bonds. The first-order valence-corrected chi connectivity index (χ1v) is 39.0. The van der Waals surface area contributed by atoms with Crippen LogP contribution in [0, 0.1) is 11.8 Å². The molecule has 0 bridgehead atoms. The summed E-state index contributed by atoms with van der Waals surface area (Å²) in [5, 5.41) is 10.6. The molecular weight excluding hydrogens is 1160 g/mol. The van der Waals surface area contributed by atoms with Gasteiger partial charge in [-0.15, -0.1) is 0 Å². The van der Waals surface area contributed by atoms with Crippen molar-refractivity contribution in [2.75, 3.05) is 39.6 Å². The van der Waals surface area contributed by atoms with Crippen molar-refractivity contribution in [1.29, 1.82) is 0 Å². The van der Waals surface area contributed by atoms with Crippen LogP contribution in [0.2, 0.25) is 0 Å². The van der Waals surface area contributed by atoms with Gasteiger partial charge in [0, 0.05) is 25.7 Å². The van der Waals surface area contributed by atoms with E-state index in [1.807, 2.05) is 0 Å². The second-order valence-corrected chi connectivity index (χ2v) is 28.8. The van der Waals surface area contributed by atoms with Crippen molar-refractivity contribution in [3.05, 3.63) is 0 Å². The van der Waals surface area contributed by atoms with E-state index in [-0.39, 0.29) is 25.7 Å². The van der Waals surface area contributed by atoms with Gasteiger partial charge in [-0.2, -0.15) is 0 Å². The lowest BCUT2D eigenvalue weighted by molar-refractivity contribution is -0.161. The van der Waals surface area contributed by atoms with Gasteiger partial charge in [0.25, 0.3) is 0 Å². The van der Waals surface area contributed by atoms with Crippen molar-refractivity contribution in [3.63, 3.8) is 0 Å². The molecule has 0 aliphatic rings. The Kier molecular flexibility index (Phi) is 59.9. The minimum atomic E-state index is -4.95. The summed E-state index contributed by atoms with van der Waals surface area (Å²) in [6.07, 6.45) is 45.9. The zero-order chi connectivity index (χ0) is 65.0. The quantitative estimate of drug-likeness (QED) is 0.0222. The topological polar surface area (TPSA) is 237 Å². The summed E-state index contributed by atoms with van der Waals surface area (Å²) in [5.41, 5.74) is 0. The fraction of sp³-hybridized carbons (Fsp3) is 0.942. The lowest BCUT2D eigenvalue weighted by atomic mass is 10.0. The predicted octanol–water partition coefficient (Wildman–Crippen LogP) is 19.6. The third-order valence-corrected chi connectivity index (χ3v) is 17.9. The zero-order valence-electron chi connectivity index (χ0n) is 57.0. The number of aliphatic hydroxyl groups is 1. The third-order valence-electron chi connectivity index (χ3n) is 16.0. The largest absolute Gasteiger partial charge is 0.472 e. The van der Waals surface area contributed by atoms with Gasteiger partial charge < -0.3 is 33.8 Å². The van der Waals surface area contributed by atoms with Crippen LogP contribution in [-0.2, 0) is 65.4 Å². The summed E-state index contributed by atoms with van der Waals surface area (Å²) in [4.78, 5) is 72.3. The Hall–Kier alpha value is -1.94. The summed E-state index contributed by atoms with van der Waals surface area (Å²) in [6.45, 7) is 9.50. The minimum absolute atomic E-state index is 0.106. The highest BCUT2D eigenvalue weighted by Gasteiger charge is 2.30. The van der Waals surface area contributed by atoms with E-state index in [1.165, 1.54) is 161 Å². The molecule has 0 aromatic rings. The summed E-state index contributed by atoms with van der Waals surface area (Å²) >= 11 is 0. The average molecular weight is 1300 g/mol. The Morgan fingerprint density at radius 1 is 0.307 bits per heavy atom. The molecule has 0 aromatic carbocycles. The first-order valence-electron chi connectivity index (χ1n) is 36.0. The van der Waals surface area contributed by atoms with Gasteiger partial charge >= 0.3 is 39.5 Å². The van der Waals surface area contributed by atoms with Gasteiger partial charge in [-0.05, 0) is 37.5 Å². The summed E-state index contributed by atoms with van der Waals surface area (Å²) in [6, 6.07) is 0. The van der Waals surface area contributed by atoms with Crippen molar-refractivity contribution in [3.8, 4) is 0 Å². The monoisotopic (exact) mass is 1300 g/mol. The van der Waals surface area contributed by atoms with Crippen LogP contribution in [0.5, 0.6) is 0 Å². The van der Waals surface area contributed by atoms with Gasteiger partial charge in [0.2, 0.25) is 0 Å². The van der Waals surface area contributed by atoms with Crippen LogP contribution in [0.25, 0.3) is 0 Å². The van der Waals surface area contributed by atoms with E-state index < -0.39 is 97.5 Å². The maximum atomic E-state index is 13.0. The fourth-order valence-electron chi connectivity index (χ4n) is 10.4. The van der Waals surface area contributed by atoms with Crippen LogP contribution >= 0.6 is 15.6 Å². The number of hydrogen-bond donors (Lipinski definition) is 3. The fourth-order valence-corrected chi connectivity index (χ4v) is 12.0. The van der Waals surface area contributed by atoms with E-state index in [1.54, 1.807) is 0 Å². The van der Waals surface area contributed by atoms with Crippen molar-refractivity contribution >= 4 is 39.5 Å². The molecule has 19 heteroatoms. The highest BCUT2D eigenvalue weighted by atomic mass is 31.2. The molecule has 0 aromatic heterocycles. The molecule has 522 valence electrons. The number of rotatable bonds is 68. The molecule has 0 rings (SSSR count). The molecule has 5 atom stereocenters. The first kappa shape index (κ1) is 86.1. The van der Waals surface area contributed by atoms with Crippen molar-refractivity contribution < 1.29 is 80.2 Å². The smallest absolute Gasteiger partial charge is 0.462 e. The van der Waals surface area contributed by atoms with Crippen LogP contribution in [0.3, 0.4) is 0 Å². The highest BCUT2D eigenvalue weighted by Crippen LogP contribution is 2.45. The molecule has 2 unspecified atom stereocenters. The van der Waals surface area contributed by atoms with Crippen LogP contribution in [-0.4, -0.2) is 96.7 Å². The Morgan fingerprint density at radius 3 is 0.773 bits per heavy atom. The average Bonchev–Trinajstić information content (AvgIpc) is 3.50. The van der Waals surface area contributed by atoms with E-state index in [4.69, 9.17) is 37.0 Å². The molecule has 0 aliphatic carbocycles. The maximum Gasteiger partial charge on any atom is 0.472 e. The predicted molar refractivity (Wildman–Crippen MR) is 354 cm³/mol. The standard InChI is InChI=1S/C69H134O17P2/c1-7-9-11-13-15-17-27-35-41-47-53-68(73)85-64(57-79-66(71)51-45-39-33-16-14-12-10-8-2)59-83-87(75,76)81-55-63(70)56-82-88(77,78)84-60-65(58-80-67(72)52-46-40-34-30-29-32-38-44-50-62(5)6)86-69(74)54-48-42-36-28-25-23-21-19-18-20-22-24-26-31-37-43-49-61(3)4/h61-65,70H,7-60H2,1-6H3,(H,75,76)(H,77,78)/t63-,64+,65+/m0/s1. The van der Waals surface area contributed by atoms with E-state index in [0.29, 0.717) is 25.7 Å². The van der Waals surface area contributed by atoms with E-state index in [0.717, 1.165) is 108 Å². The summed E-state index contributed by atoms with van der Waals surface area (Å²) in [5.74, 6) is -0.594. The van der Waals surface area contributed by atoms with Crippen molar-refractivity contribution in [2.45, 2.75) is 368 Å². The number of aliphatic hydroxyl groups excluding tert-OH is 1. The summed E-state index contributed by atoms with van der Waals surface area (Å²) in [7, 11) is -9.89. The molecule has 0 aliphatic heterocycles. The number of hydrogen-bond acceptors (Lipinski definition) is 15. The zero-order valence-corrected chi connectivity index (χ0v) is 58.8. The van der Waals surface area contributed by atoms with Gasteiger partial charge in [-0.3, -0.25) is 37.3 Å². The van der Waals surface area contributed by atoms with Gasteiger partial charge in [-0.25, -0.2) is 9.13 Å². The third kappa shape index (κ3) is 62.8. The molecule has 0 saturated heterocycles. The van der Waals surface area contributed by atoms with E-state index in [2.05, 4.69) is 41.5 Å². The highest BCUT2D eigenvalue weighted by molar-refractivity contribution is 7.47. The number of phosphoric acid groups is 2. The number of phosphoric ester groups is 2. The number of ether oxygens (including phenoxy) is 4.